The molecule has 1 aliphatic rings. The van der Waals surface area contributed by atoms with Crippen molar-refractivity contribution in [3.05, 3.63) is 42.2 Å². The van der Waals surface area contributed by atoms with E-state index < -0.39 is 0 Å². The molecule has 0 atom stereocenters. The minimum absolute atomic E-state index is 0. The van der Waals surface area contributed by atoms with Crippen LogP contribution in [0.4, 0.5) is 0 Å². The first kappa shape index (κ1) is 12.2. The maximum Gasteiger partial charge on any atom is 0.113 e. The zero-order valence-corrected chi connectivity index (χ0v) is 10.8. The minimum atomic E-state index is 0. The van der Waals surface area contributed by atoms with Crippen LogP contribution in [0.15, 0.2) is 36.4 Å². The Hall–Kier alpha value is -1.28. The molecule has 2 aromatic rings. The lowest BCUT2D eigenvalue weighted by Crippen LogP contribution is -2.03. The number of fused-ring (bicyclic) bond motifs is 1. The number of imidazole rings is 1. The standard InChI is InChI=1S/C14H16N2.ClH/c1-10(2)9-16-13-6-4-3-5-12(13)15-14(16)11-7-8-11;/h3-6,11H,1,7-9H2,2H3;1H. The molecule has 1 fully saturated rings. The van der Waals surface area contributed by atoms with E-state index in [0.29, 0.717) is 5.92 Å². The van der Waals surface area contributed by atoms with Crippen LogP contribution in [-0.2, 0) is 6.54 Å². The number of hydrogen-bond donors (Lipinski definition) is 0. The summed E-state index contributed by atoms with van der Waals surface area (Å²) in [5.41, 5.74) is 3.54. The molecule has 1 aromatic carbocycles. The van der Waals surface area contributed by atoms with Crippen molar-refractivity contribution in [2.45, 2.75) is 32.2 Å². The lowest BCUT2D eigenvalue weighted by Gasteiger charge is -2.07. The van der Waals surface area contributed by atoms with Crippen molar-refractivity contribution in [3.63, 3.8) is 0 Å². The van der Waals surface area contributed by atoms with Crippen molar-refractivity contribution >= 4 is 23.4 Å². The van der Waals surface area contributed by atoms with Crippen LogP contribution < -0.4 is 0 Å². The molecule has 2 nitrogen and oxygen atoms in total. The first-order valence-electron chi connectivity index (χ1n) is 5.85. The smallest absolute Gasteiger partial charge is 0.113 e. The molecule has 0 N–H and O–H groups in total. The van der Waals surface area contributed by atoms with Gasteiger partial charge in [-0.2, -0.15) is 0 Å². The van der Waals surface area contributed by atoms with Gasteiger partial charge in [-0.25, -0.2) is 4.98 Å². The first-order valence-corrected chi connectivity index (χ1v) is 5.85. The fourth-order valence-electron chi connectivity index (χ4n) is 2.18. The van der Waals surface area contributed by atoms with E-state index in [2.05, 4.69) is 42.3 Å². The summed E-state index contributed by atoms with van der Waals surface area (Å²) in [6.07, 6.45) is 2.58. The third kappa shape index (κ3) is 2.22. The van der Waals surface area contributed by atoms with Crippen LogP contribution in [-0.4, -0.2) is 9.55 Å². The van der Waals surface area contributed by atoms with E-state index >= 15 is 0 Å². The van der Waals surface area contributed by atoms with Crippen LogP contribution in [0.1, 0.15) is 31.5 Å². The molecule has 0 bridgehead atoms. The Morgan fingerprint density at radius 3 is 2.76 bits per heavy atom. The van der Waals surface area contributed by atoms with Gasteiger partial charge in [-0.05, 0) is 31.9 Å². The summed E-state index contributed by atoms with van der Waals surface area (Å²) in [5.74, 6) is 1.94. The highest BCUT2D eigenvalue weighted by Crippen LogP contribution is 2.40. The monoisotopic (exact) mass is 248 g/mol. The minimum Gasteiger partial charge on any atom is -0.324 e. The highest BCUT2D eigenvalue weighted by Gasteiger charge is 2.29. The third-order valence-electron chi connectivity index (χ3n) is 3.05. The van der Waals surface area contributed by atoms with E-state index in [4.69, 9.17) is 4.98 Å². The van der Waals surface area contributed by atoms with Gasteiger partial charge < -0.3 is 4.57 Å². The Morgan fingerprint density at radius 1 is 1.41 bits per heavy atom. The van der Waals surface area contributed by atoms with Gasteiger partial charge in [0.25, 0.3) is 0 Å². The van der Waals surface area contributed by atoms with Gasteiger partial charge in [0.2, 0.25) is 0 Å². The molecule has 0 spiro atoms. The van der Waals surface area contributed by atoms with E-state index in [1.165, 1.54) is 29.8 Å². The predicted octanol–water partition coefficient (Wildman–Crippen LogP) is 3.91. The number of nitrogens with zero attached hydrogens (tertiary/aromatic N) is 2. The molecule has 90 valence electrons. The van der Waals surface area contributed by atoms with E-state index in [0.717, 1.165) is 12.1 Å². The predicted molar refractivity (Wildman–Crippen MR) is 73.8 cm³/mol. The van der Waals surface area contributed by atoms with Crippen molar-refractivity contribution in [2.75, 3.05) is 0 Å². The van der Waals surface area contributed by atoms with Gasteiger partial charge in [0.05, 0.1) is 11.0 Å². The fourth-order valence-corrected chi connectivity index (χ4v) is 2.18. The van der Waals surface area contributed by atoms with Crippen LogP contribution in [0.3, 0.4) is 0 Å². The second-order valence-corrected chi connectivity index (χ2v) is 4.78. The summed E-state index contributed by atoms with van der Waals surface area (Å²) in [6, 6.07) is 8.38. The van der Waals surface area contributed by atoms with Gasteiger partial charge in [0.1, 0.15) is 5.82 Å². The molecular formula is C14H17ClN2. The molecule has 0 radical (unpaired) electrons. The molecule has 0 aliphatic heterocycles. The molecule has 0 saturated heterocycles. The molecule has 0 unspecified atom stereocenters. The van der Waals surface area contributed by atoms with Crippen molar-refractivity contribution < 1.29 is 0 Å². The maximum atomic E-state index is 4.75. The van der Waals surface area contributed by atoms with E-state index in [-0.39, 0.29) is 12.4 Å². The topological polar surface area (TPSA) is 17.8 Å². The quantitative estimate of drug-likeness (QED) is 0.753. The van der Waals surface area contributed by atoms with Gasteiger partial charge in [0, 0.05) is 12.5 Å². The summed E-state index contributed by atoms with van der Waals surface area (Å²) < 4.78 is 2.33. The summed E-state index contributed by atoms with van der Waals surface area (Å²) in [6.45, 7) is 6.98. The van der Waals surface area contributed by atoms with Gasteiger partial charge in [-0.15, -0.1) is 12.4 Å². The molecule has 1 heterocycles. The van der Waals surface area contributed by atoms with Gasteiger partial charge >= 0.3 is 0 Å². The third-order valence-corrected chi connectivity index (χ3v) is 3.05. The lowest BCUT2D eigenvalue weighted by molar-refractivity contribution is 0.738. The zero-order valence-electron chi connectivity index (χ0n) is 10.0. The molecule has 3 rings (SSSR count). The molecule has 1 aromatic heterocycles. The average Bonchev–Trinajstić information content (AvgIpc) is 3.03. The van der Waals surface area contributed by atoms with Crippen LogP contribution in [0.25, 0.3) is 11.0 Å². The zero-order chi connectivity index (χ0) is 11.1. The van der Waals surface area contributed by atoms with E-state index in [1.54, 1.807) is 0 Å². The highest BCUT2D eigenvalue weighted by atomic mass is 35.5. The Bertz CT molecular complexity index is 552. The van der Waals surface area contributed by atoms with Crippen LogP contribution in [0.2, 0.25) is 0 Å². The van der Waals surface area contributed by atoms with Crippen LogP contribution >= 0.6 is 12.4 Å². The number of aromatic nitrogens is 2. The summed E-state index contributed by atoms with van der Waals surface area (Å²) in [5, 5.41) is 0. The van der Waals surface area contributed by atoms with Crippen molar-refractivity contribution in [3.8, 4) is 0 Å². The lowest BCUT2D eigenvalue weighted by atomic mass is 10.3. The second-order valence-electron chi connectivity index (χ2n) is 4.78. The number of allylic oxidation sites excluding steroid dienone is 1. The number of rotatable bonds is 3. The number of para-hydroxylation sites is 2. The maximum absolute atomic E-state index is 4.75. The molecule has 1 saturated carbocycles. The van der Waals surface area contributed by atoms with E-state index in [9.17, 15) is 0 Å². The van der Waals surface area contributed by atoms with Crippen molar-refractivity contribution in [1.29, 1.82) is 0 Å². The molecule has 17 heavy (non-hydrogen) atoms. The Morgan fingerprint density at radius 2 is 2.12 bits per heavy atom. The summed E-state index contributed by atoms with van der Waals surface area (Å²) in [7, 11) is 0. The second kappa shape index (κ2) is 4.53. The highest BCUT2D eigenvalue weighted by molar-refractivity contribution is 5.85. The number of halogens is 1. The van der Waals surface area contributed by atoms with Crippen molar-refractivity contribution in [2.24, 2.45) is 0 Å². The van der Waals surface area contributed by atoms with Crippen LogP contribution in [0, 0.1) is 0 Å². The fraction of sp³-hybridized carbons (Fsp3) is 0.357. The molecule has 1 aliphatic carbocycles. The summed E-state index contributed by atoms with van der Waals surface area (Å²) in [4.78, 5) is 4.75. The molecule has 0 amide bonds. The van der Waals surface area contributed by atoms with Crippen LogP contribution in [0.5, 0.6) is 0 Å². The Labute approximate surface area is 108 Å². The van der Waals surface area contributed by atoms with Gasteiger partial charge in [0.15, 0.2) is 0 Å². The van der Waals surface area contributed by atoms with Crippen molar-refractivity contribution in [1.82, 2.24) is 9.55 Å². The van der Waals surface area contributed by atoms with Gasteiger partial charge in [-0.3, -0.25) is 0 Å². The number of benzene rings is 1. The molecular weight excluding hydrogens is 232 g/mol. The normalized spacial score (nSPS) is 14.6. The largest absolute Gasteiger partial charge is 0.324 e. The SMILES string of the molecule is C=C(C)Cn1c(C2CC2)nc2ccccc21.Cl. The van der Waals surface area contributed by atoms with E-state index in [1.807, 2.05) is 0 Å². The Balaban J connectivity index is 0.00000108. The molecule has 3 heteroatoms. The van der Waals surface area contributed by atoms with Gasteiger partial charge in [-0.1, -0.05) is 24.3 Å². The summed E-state index contributed by atoms with van der Waals surface area (Å²) >= 11 is 0. The first-order chi connectivity index (χ1) is 7.75. The average molecular weight is 249 g/mol. The number of hydrogen-bond acceptors (Lipinski definition) is 1. The Kier molecular flexibility index (Phi) is 3.25.